The highest BCUT2D eigenvalue weighted by molar-refractivity contribution is 6.90. The maximum atomic E-state index is 13.2. The van der Waals surface area contributed by atoms with Crippen molar-refractivity contribution >= 4 is 31.0 Å². The Kier molecular flexibility index (Phi) is 4.58. The second-order valence-electron chi connectivity index (χ2n) is 7.81. The molecule has 2 aliphatic rings. The summed E-state index contributed by atoms with van der Waals surface area (Å²) >= 11 is 0. The average Bonchev–Trinajstić information content (AvgIpc) is 3.24. The van der Waals surface area contributed by atoms with Gasteiger partial charge in [-0.1, -0.05) is 57.1 Å². The van der Waals surface area contributed by atoms with Crippen LogP contribution in [-0.2, 0) is 16.0 Å². The van der Waals surface area contributed by atoms with E-state index < -0.39 is 14.0 Å². The molecule has 4 nitrogen and oxygen atoms in total. The van der Waals surface area contributed by atoms with E-state index in [-0.39, 0.29) is 17.7 Å². The lowest BCUT2D eigenvalue weighted by Gasteiger charge is -2.25. The van der Waals surface area contributed by atoms with Crippen molar-refractivity contribution in [3.8, 4) is 0 Å². The van der Waals surface area contributed by atoms with Crippen molar-refractivity contribution in [3.05, 3.63) is 47.7 Å². The lowest BCUT2D eigenvalue weighted by atomic mass is 9.81. The van der Waals surface area contributed by atoms with Gasteiger partial charge < -0.3 is 4.42 Å². The molecule has 0 bridgehead atoms. The van der Waals surface area contributed by atoms with Gasteiger partial charge in [0.15, 0.2) is 0 Å². The average molecular weight is 382 g/mol. The van der Waals surface area contributed by atoms with E-state index >= 15 is 0 Å². The normalized spacial score (nSPS) is 22.1. The molecule has 1 saturated heterocycles. The van der Waals surface area contributed by atoms with Gasteiger partial charge in [0.25, 0.3) is 0 Å². The van der Waals surface area contributed by atoms with Gasteiger partial charge in [-0.2, -0.15) is 0 Å². The van der Waals surface area contributed by atoms with Crippen LogP contribution in [0.2, 0.25) is 18.1 Å². The first-order valence-electron chi connectivity index (χ1n) is 10.1. The fourth-order valence-corrected chi connectivity index (χ4v) is 8.24. The van der Waals surface area contributed by atoms with Gasteiger partial charge in [-0.15, -0.1) is 0 Å². The molecule has 5 heteroatoms. The first kappa shape index (κ1) is 18.2. The van der Waals surface area contributed by atoms with Crippen molar-refractivity contribution in [2.45, 2.75) is 57.7 Å². The molecule has 0 saturated carbocycles. The summed E-state index contributed by atoms with van der Waals surface area (Å²) < 4.78 is 6.42. The summed E-state index contributed by atoms with van der Waals surface area (Å²) in [7, 11) is -1.65. The lowest BCUT2D eigenvalue weighted by molar-refractivity contribution is -0.122. The van der Waals surface area contributed by atoms with Gasteiger partial charge in [-0.3, -0.25) is 9.59 Å². The molecule has 1 aromatic carbocycles. The highest BCUT2D eigenvalue weighted by Crippen LogP contribution is 2.45. The van der Waals surface area contributed by atoms with Crippen LogP contribution in [0.15, 0.2) is 40.8 Å². The zero-order valence-electron chi connectivity index (χ0n) is 16.3. The minimum atomic E-state index is -1.65. The summed E-state index contributed by atoms with van der Waals surface area (Å²) in [4.78, 5) is 27.6. The van der Waals surface area contributed by atoms with E-state index in [9.17, 15) is 9.59 Å². The number of hydrogen-bond donors (Lipinski definition) is 0. The van der Waals surface area contributed by atoms with Gasteiger partial charge in [0.05, 0.1) is 17.0 Å². The maximum Gasteiger partial charge on any atom is 0.245 e. The molecule has 27 heavy (non-hydrogen) atoms. The Hall–Kier alpha value is -2.14. The van der Waals surface area contributed by atoms with E-state index in [0.717, 1.165) is 47.7 Å². The number of imide groups is 1. The molecule has 2 atom stereocenters. The van der Waals surface area contributed by atoms with Crippen LogP contribution in [0, 0.1) is 5.92 Å². The van der Waals surface area contributed by atoms with Crippen molar-refractivity contribution in [3.63, 3.8) is 0 Å². The molecular formula is C22H27NO3Si. The van der Waals surface area contributed by atoms with E-state index in [0.29, 0.717) is 5.69 Å². The molecular weight excluding hydrogens is 354 g/mol. The van der Waals surface area contributed by atoms with Gasteiger partial charge in [0.1, 0.15) is 19.8 Å². The van der Waals surface area contributed by atoms with E-state index in [4.69, 9.17) is 4.42 Å². The van der Waals surface area contributed by atoms with Crippen molar-refractivity contribution in [2.24, 2.45) is 5.92 Å². The predicted octanol–water partition coefficient (Wildman–Crippen LogP) is 4.21. The highest BCUT2D eigenvalue weighted by Gasteiger charge is 2.53. The van der Waals surface area contributed by atoms with Gasteiger partial charge >= 0.3 is 0 Å². The number of benzene rings is 1. The van der Waals surface area contributed by atoms with Gasteiger partial charge in [-0.25, -0.2) is 4.90 Å². The largest absolute Gasteiger partial charge is 0.470 e. The molecule has 0 radical (unpaired) electrons. The molecule has 0 spiro atoms. The number of rotatable bonds is 5. The molecule has 0 unspecified atom stereocenters. The molecule has 2 aromatic rings. The van der Waals surface area contributed by atoms with Crippen LogP contribution in [0.25, 0.3) is 0 Å². The third-order valence-electron chi connectivity index (χ3n) is 6.84. The smallest absolute Gasteiger partial charge is 0.245 e. The molecule has 1 aliphatic carbocycles. The summed E-state index contributed by atoms with van der Waals surface area (Å²) in [5, 5.41) is 1.12. The first-order chi connectivity index (χ1) is 13.1. The molecule has 1 aliphatic heterocycles. The Morgan fingerprint density at radius 3 is 2.33 bits per heavy atom. The summed E-state index contributed by atoms with van der Waals surface area (Å²) in [6.07, 6.45) is 1.55. The van der Waals surface area contributed by atoms with Crippen LogP contribution in [0.5, 0.6) is 0 Å². The van der Waals surface area contributed by atoms with E-state index in [1.807, 2.05) is 30.3 Å². The Labute approximate surface area is 161 Å². The minimum Gasteiger partial charge on any atom is -0.470 e. The quantitative estimate of drug-likeness (QED) is 0.576. The van der Waals surface area contributed by atoms with Crippen molar-refractivity contribution < 1.29 is 14.0 Å². The number of nitrogens with zero attached hydrogens (tertiary/aromatic N) is 1. The number of carbonyl (C=O) groups is 2. The molecule has 1 aromatic heterocycles. The van der Waals surface area contributed by atoms with Crippen LogP contribution in [0.1, 0.15) is 44.4 Å². The number of para-hydroxylation sites is 1. The fourth-order valence-electron chi connectivity index (χ4n) is 4.89. The van der Waals surface area contributed by atoms with Crippen LogP contribution >= 0.6 is 0 Å². The summed E-state index contributed by atoms with van der Waals surface area (Å²) in [6.45, 7) is 6.76. The predicted molar refractivity (Wildman–Crippen MR) is 109 cm³/mol. The third kappa shape index (κ3) is 2.63. The van der Waals surface area contributed by atoms with E-state index in [1.165, 1.54) is 4.90 Å². The van der Waals surface area contributed by atoms with Crippen LogP contribution in [-0.4, -0.2) is 19.9 Å². The standard InChI is InChI=1S/C22H27NO3Si/c1-4-27(5-2,6-3)18-14-15-12-13-17-19(20(15)26-18)22(25)23(21(17)24)16-10-8-7-9-11-16/h7-11,14,17,19H,4-6,12-13H2,1-3H3/t17-,19-/m1/s1. The molecule has 4 rings (SSSR count). The number of carbonyl (C=O) groups excluding carboxylic acids is 2. The summed E-state index contributed by atoms with van der Waals surface area (Å²) in [6, 6.07) is 14.9. The van der Waals surface area contributed by atoms with Crippen LogP contribution < -0.4 is 10.3 Å². The maximum absolute atomic E-state index is 13.2. The minimum absolute atomic E-state index is 0.0789. The van der Waals surface area contributed by atoms with Gasteiger partial charge in [-0.05, 0) is 36.6 Å². The fraction of sp³-hybridized carbons (Fsp3) is 0.455. The van der Waals surface area contributed by atoms with Crippen LogP contribution in [0.3, 0.4) is 0 Å². The Bertz CT molecular complexity index is 861. The topological polar surface area (TPSA) is 50.5 Å². The number of furan rings is 1. The first-order valence-corrected chi connectivity index (χ1v) is 12.7. The van der Waals surface area contributed by atoms with E-state index in [1.54, 1.807) is 0 Å². The number of amides is 2. The number of aryl methyl sites for hydroxylation is 1. The Morgan fingerprint density at radius 1 is 1.04 bits per heavy atom. The van der Waals surface area contributed by atoms with E-state index in [2.05, 4.69) is 26.8 Å². The monoisotopic (exact) mass is 381 g/mol. The number of anilines is 1. The van der Waals surface area contributed by atoms with Crippen molar-refractivity contribution in [2.75, 3.05) is 4.90 Å². The third-order valence-corrected chi connectivity index (χ3v) is 12.2. The number of fused-ring (bicyclic) bond motifs is 3. The van der Waals surface area contributed by atoms with Crippen molar-refractivity contribution in [1.82, 2.24) is 0 Å². The van der Waals surface area contributed by atoms with Crippen LogP contribution in [0.4, 0.5) is 5.69 Å². The Morgan fingerprint density at radius 2 is 1.70 bits per heavy atom. The zero-order chi connectivity index (χ0) is 19.2. The molecule has 142 valence electrons. The summed E-state index contributed by atoms with van der Waals surface area (Å²) in [5.41, 5.74) is 1.81. The molecule has 2 heterocycles. The second kappa shape index (κ2) is 6.79. The summed E-state index contributed by atoms with van der Waals surface area (Å²) in [5.74, 6) is -0.178. The second-order valence-corrected chi connectivity index (χ2v) is 13.0. The SMILES string of the molecule is CC[Si](CC)(CC)c1cc2c(o1)[C@@H]1C(=O)N(c3ccccc3)C(=O)[C@@H]1CC2. The molecule has 0 N–H and O–H groups in total. The van der Waals surface area contributed by atoms with Gasteiger partial charge in [0.2, 0.25) is 11.8 Å². The van der Waals surface area contributed by atoms with Crippen molar-refractivity contribution in [1.29, 1.82) is 0 Å². The molecule has 1 fully saturated rings. The van der Waals surface area contributed by atoms with Gasteiger partial charge in [0, 0.05) is 0 Å². The Balaban J connectivity index is 1.75. The molecule has 2 amide bonds. The number of hydrogen-bond acceptors (Lipinski definition) is 3. The highest BCUT2D eigenvalue weighted by atomic mass is 28.3. The lowest BCUT2D eigenvalue weighted by Crippen LogP contribution is -2.45. The zero-order valence-corrected chi connectivity index (χ0v) is 17.3.